The van der Waals surface area contributed by atoms with Crippen molar-refractivity contribution >= 4 is 5.69 Å². The molecule has 1 aromatic carbocycles. The highest BCUT2D eigenvalue weighted by atomic mass is 15.0. The molecule has 1 fully saturated rings. The quantitative estimate of drug-likeness (QED) is 0.876. The van der Waals surface area contributed by atoms with Crippen LogP contribution < -0.4 is 10.6 Å². The number of benzene rings is 1. The minimum Gasteiger partial charge on any atom is -0.385 e. The maximum atomic E-state index is 4.08. The lowest BCUT2D eigenvalue weighted by atomic mass is 9.99. The standard InChI is InChI=1S/C16H22N4/c1-3-14(12-20-8-7-18-13-20)9-16(5-1)19-11-15-4-2-6-17-10-15/h1,3,5,7-9,13,15,17,19H,2,4,6,10-12H2. The molecule has 2 aromatic rings. The Kier molecular flexibility index (Phi) is 4.33. The maximum absolute atomic E-state index is 4.08. The highest BCUT2D eigenvalue weighted by Crippen LogP contribution is 2.15. The first-order valence-electron chi connectivity index (χ1n) is 7.39. The second kappa shape index (κ2) is 6.57. The molecular formula is C16H22N4. The number of aromatic nitrogens is 2. The number of hydrogen-bond donors (Lipinski definition) is 2. The molecule has 106 valence electrons. The van der Waals surface area contributed by atoms with Crippen LogP contribution in [0.25, 0.3) is 0 Å². The van der Waals surface area contributed by atoms with Crippen molar-refractivity contribution in [2.24, 2.45) is 5.92 Å². The van der Waals surface area contributed by atoms with Crippen LogP contribution in [0, 0.1) is 5.92 Å². The average molecular weight is 270 g/mol. The van der Waals surface area contributed by atoms with Crippen LogP contribution in [0.2, 0.25) is 0 Å². The summed E-state index contributed by atoms with van der Waals surface area (Å²) in [6.45, 7) is 4.25. The SMILES string of the molecule is c1cc(Cn2ccnc2)cc(NCC2CCCNC2)c1. The second-order valence-corrected chi connectivity index (χ2v) is 5.53. The highest BCUT2D eigenvalue weighted by Gasteiger charge is 2.12. The van der Waals surface area contributed by atoms with Crippen molar-refractivity contribution in [2.75, 3.05) is 25.0 Å². The lowest BCUT2D eigenvalue weighted by Crippen LogP contribution is -2.33. The summed E-state index contributed by atoms with van der Waals surface area (Å²) in [5.41, 5.74) is 2.52. The van der Waals surface area contributed by atoms with E-state index in [0.29, 0.717) is 0 Å². The van der Waals surface area contributed by atoms with Gasteiger partial charge in [0.1, 0.15) is 0 Å². The van der Waals surface area contributed by atoms with E-state index in [2.05, 4.69) is 44.5 Å². The zero-order chi connectivity index (χ0) is 13.6. The summed E-state index contributed by atoms with van der Waals surface area (Å²) in [7, 11) is 0. The zero-order valence-electron chi connectivity index (χ0n) is 11.8. The number of piperidine rings is 1. The predicted molar refractivity (Wildman–Crippen MR) is 81.9 cm³/mol. The van der Waals surface area contributed by atoms with Gasteiger partial charge in [-0.1, -0.05) is 12.1 Å². The number of anilines is 1. The van der Waals surface area contributed by atoms with Gasteiger partial charge in [0.2, 0.25) is 0 Å². The number of rotatable bonds is 5. The van der Waals surface area contributed by atoms with Crippen LogP contribution in [0.5, 0.6) is 0 Å². The molecule has 0 amide bonds. The Balaban J connectivity index is 1.56. The molecule has 1 aliphatic rings. The van der Waals surface area contributed by atoms with Crippen molar-refractivity contribution in [1.82, 2.24) is 14.9 Å². The third-order valence-electron chi connectivity index (χ3n) is 3.85. The summed E-state index contributed by atoms with van der Waals surface area (Å²) in [6.07, 6.45) is 8.29. The van der Waals surface area contributed by atoms with Gasteiger partial charge in [-0.3, -0.25) is 0 Å². The fourth-order valence-electron chi connectivity index (χ4n) is 2.73. The van der Waals surface area contributed by atoms with Crippen LogP contribution in [-0.2, 0) is 6.54 Å². The summed E-state index contributed by atoms with van der Waals surface area (Å²) in [4.78, 5) is 4.08. The Morgan fingerprint density at radius 1 is 1.40 bits per heavy atom. The first-order chi connectivity index (χ1) is 9.90. The second-order valence-electron chi connectivity index (χ2n) is 5.53. The van der Waals surface area contributed by atoms with E-state index < -0.39 is 0 Å². The minimum atomic E-state index is 0.751. The fourth-order valence-corrected chi connectivity index (χ4v) is 2.73. The van der Waals surface area contributed by atoms with Gasteiger partial charge in [-0.15, -0.1) is 0 Å². The van der Waals surface area contributed by atoms with Crippen molar-refractivity contribution in [3.05, 3.63) is 48.5 Å². The van der Waals surface area contributed by atoms with Gasteiger partial charge < -0.3 is 15.2 Å². The highest BCUT2D eigenvalue weighted by molar-refractivity contribution is 5.45. The van der Waals surface area contributed by atoms with Gasteiger partial charge in [0, 0.05) is 31.2 Å². The van der Waals surface area contributed by atoms with E-state index in [1.165, 1.54) is 30.6 Å². The number of imidazole rings is 1. The number of nitrogens with zero attached hydrogens (tertiary/aromatic N) is 2. The Bertz CT molecular complexity index is 515. The van der Waals surface area contributed by atoms with Crippen molar-refractivity contribution in [1.29, 1.82) is 0 Å². The Morgan fingerprint density at radius 3 is 3.20 bits per heavy atom. The van der Waals surface area contributed by atoms with Gasteiger partial charge in [0.05, 0.1) is 6.33 Å². The zero-order valence-corrected chi connectivity index (χ0v) is 11.8. The lowest BCUT2D eigenvalue weighted by molar-refractivity contribution is 0.393. The normalized spacial score (nSPS) is 18.9. The fraction of sp³-hybridized carbons (Fsp3) is 0.438. The summed E-state index contributed by atoms with van der Waals surface area (Å²) < 4.78 is 2.09. The largest absolute Gasteiger partial charge is 0.385 e. The van der Waals surface area contributed by atoms with E-state index >= 15 is 0 Å². The van der Waals surface area contributed by atoms with Crippen molar-refractivity contribution in [3.8, 4) is 0 Å². The van der Waals surface area contributed by atoms with E-state index in [9.17, 15) is 0 Å². The van der Waals surface area contributed by atoms with Crippen LogP contribution in [0.15, 0.2) is 43.0 Å². The molecule has 0 saturated carbocycles. The molecule has 1 unspecified atom stereocenters. The molecule has 0 bridgehead atoms. The maximum Gasteiger partial charge on any atom is 0.0949 e. The first-order valence-corrected chi connectivity index (χ1v) is 7.39. The predicted octanol–water partition coefficient (Wildman–Crippen LogP) is 2.34. The Morgan fingerprint density at radius 2 is 2.40 bits per heavy atom. The number of nitrogens with one attached hydrogen (secondary N) is 2. The smallest absolute Gasteiger partial charge is 0.0949 e. The Labute approximate surface area is 120 Å². The average Bonchev–Trinajstić information content (AvgIpc) is 3.00. The summed E-state index contributed by atoms with van der Waals surface area (Å²) in [5.74, 6) is 0.751. The molecule has 1 aliphatic heterocycles. The molecule has 0 spiro atoms. The molecular weight excluding hydrogens is 248 g/mol. The van der Waals surface area contributed by atoms with Gasteiger partial charge in [0.25, 0.3) is 0 Å². The molecule has 1 aromatic heterocycles. The topological polar surface area (TPSA) is 41.9 Å². The van der Waals surface area contributed by atoms with Crippen molar-refractivity contribution < 1.29 is 0 Å². The molecule has 4 nitrogen and oxygen atoms in total. The molecule has 20 heavy (non-hydrogen) atoms. The monoisotopic (exact) mass is 270 g/mol. The molecule has 2 N–H and O–H groups in total. The Hall–Kier alpha value is -1.81. The van der Waals surface area contributed by atoms with Crippen LogP contribution in [-0.4, -0.2) is 29.2 Å². The van der Waals surface area contributed by atoms with Crippen LogP contribution >= 0.6 is 0 Å². The summed E-state index contributed by atoms with van der Waals surface area (Å²) in [5, 5.41) is 7.03. The van der Waals surface area contributed by atoms with Crippen LogP contribution in [0.1, 0.15) is 18.4 Å². The van der Waals surface area contributed by atoms with E-state index in [1.807, 2.05) is 18.7 Å². The van der Waals surface area contributed by atoms with Crippen molar-refractivity contribution in [3.63, 3.8) is 0 Å². The number of hydrogen-bond acceptors (Lipinski definition) is 3. The van der Waals surface area contributed by atoms with E-state index in [0.717, 1.165) is 25.6 Å². The molecule has 4 heteroatoms. The third kappa shape index (κ3) is 3.61. The molecule has 0 aliphatic carbocycles. The van der Waals surface area contributed by atoms with Gasteiger partial charge in [-0.2, -0.15) is 0 Å². The van der Waals surface area contributed by atoms with Crippen molar-refractivity contribution in [2.45, 2.75) is 19.4 Å². The van der Waals surface area contributed by atoms with Crippen LogP contribution in [0.3, 0.4) is 0 Å². The van der Waals surface area contributed by atoms with Gasteiger partial charge in [-0.25, -0.2) is 4.98 Å². The van der Waals surface area contributed by atoms with Crippen LogP contribution in [0.4, 0.5) is 5.69 Å². The van der Waals surface area contributed by atoms with Gasteiger partial charge in [0.15, 0.2) is 0 Å². The lowest BCUT2D eigenvalue weighted by Gasteiger charge is -2.23. The molecule has 0 radical (unpaired) electrons. The van der Waals surface area contributed by atoms with E-state index in [4.69, 9.17) is 0 Å². The minimum absolute atomic E-state index is 0.751. The van der Waals surface area contributed by atoms with Gasteiger partial charge >= 0.3 is 0 Å². The summed E-state index contributed by atoms with van der Waals surface area (Å²) >= 11 is 0. The molecule has 1 atom stereocenters. The molecule has 2 heterocycles. The summed E-state index contributed by atoms with van der Waals surface area (Å²) in [6, 6.07) is 8.66. The van der Waals surface area contributed by atoms with Gasteiger partial charge in [-0.05, 0) is 49.5 Å². The third-order valence-corrected chi connectivity index (χ3v) is 3.85. The first kappa shape index (κ1) is 13.2. The van der Waals surface area contributed by atoms with E-state index in [1.54, 1.807) is 0 Å². The molecule has 3 rings (SSSR count). The van der Waals surface area contributed by atoms with E-state index in [-0.39, 0.29) is 0 Å². The molecule has 1 saturated heterocycles.